The average molecular weight is 931 g/mol. The van der Waals surface area contributed by atoms with Crippen molar-refractivity contribution in [1.29, 1.82) is 0 Å². The minimum absolute atomic E-state index is 0.0187. The Balaban J connectivity index is 0.993. The molecule has 2 aliphatic heterocycles. The molecule has 0 aliphatic carbocycles. The molecule has 342 valence electrons. The lowest BCUT2D eigenvalue weighted by Crippen LogP contribution is -2.13. The molecule has 0 spiro atoms. The molecule has 0 saturated heterocycles. The number of aromatic hydroxyl groups is 4. The van der Waals surface area contributed by atoms with Gasteiger partial charge < -0.3 is 29.9 Å². The molecule has 0 bridgehead atoms. The molecular weight excluding hydrogens is 889 g/mol. The molecule has 6 heteroatoms. The second-order valence-corrected chi connectivity index (χ2v) is 18.9. The van der Waals surface area contributed by atoms with Gasteiger partial charge >= 0.3 is 0 Å². The fourth-order valence-electron chi connectivity index (χ4n) is 11.7. The Kier molecular flexibility index (Phi) is 9.22. The molecule has 0 aromatic heterocycles. The zero-order chi connectivity index (χ0) is 48.2. The molecular formula is C66H42O6. The molecule has 4 N–H and O–H groups in total. The van der Waals surface area contributed by atoms with Crippen molar-refractivity contribution < 1.29 is 29.9 Å². The summed E-state index contributed by atoms with van der Waals surface area (Å²) in [6.07, 6.45) is 0. The van der Waals surface area contributed by atoms with Crippen molar-refractivity contribution >= 4 is 43.1 Å². The zero-order valence-electron chi connectivity index (χ0n) is 38.5. The van der Waals surface area contributed by atoms with E-state index in [2.05, 4.69) is 72.8 Å². The molecule has 2 heterocycles. The Morgan fingerprint density at radius 2 is 0.611 bits per heavy atom. The summed E-state index contributed by atoms with van der Waals surface area (Å²) < 4.78 is 13.7. The van der Waals surface area contributed by atoms with Crippen molar-refractivity contribution in [3.63, 3.8) is 0 Å². The third-order valence-electron chi connectivity index (χ3n) is 14.9. The minimum atomic E-state index is -0.320. The molecule has 6 nitrogen and oxygen atoms in total. The van der Waals surface area contributed by atoms with E-state index in [0.717, 1.165) is 110 Å². The van der Waals surface area contributed by atoms with Crippen LogP contribution in [0.3, 0.4) is 0 Å². The Morgan fingerprint density at radius 1 is 0.278 bits per heavy atom. The highest BCUT2D eigenvalue weighted by Crippen LogP contribution is 2.57. The number of fused-ring (bicyclic) bond motifs is 12. The van der Waals surface area contributed by atoms with Crippen LogP contribution in [0.15, 0.2) is 218 Å². The van der Waals surface area contributed by atoms with Gasteiger partial charge in [0.15, 0.2) is 0 Å². The van der Waals surface area contributed by atoms with E-state index < -0.39 is 0 Å². The first kappa shape index (κ1) is 41.5. The summed E-state index contributed by atoms with van der Waals surface area (Å²) in [7, 11) is 0. The number of hydrogen-bond donors (Lipinski definition) is 4. The Labute approximate surface area is 414 Å². The van der Waals surface area contributed by atoms with E-state index in [9.17, 15) is 20.4 Å². The highest BCUT2D eigenvalue weighted by molar-refractivity contribution is 6.12. The Morgan fingerprint density at radius 3 is 1.01 bits per heavy atom. The molecule has 0 radical (unpaired) electrons. The summed E-state index contributed by atoms with van der Waals surface area (Å²) in [5.74, 6) is 2.60. The summed E-state index contributed by atoms with van der Waals surface area (Å²) in [5.41, 5.74) is 11.3. The predicted molar refractivity (Wildman–Crippen MR) is 287 cm³/mol. The van der Waals surface area contributed by atoms with E-state index in [-0.39, 0.29) is 34.8 Å². The van der Waals surface area contributed by atoms with Crippen LogP contribution in [-0.2, 0) is 0 Å². The molecule has 0 saturated carbocycles. The topological polar surface area (TPSA) is 99.4 Å². The quantitative estimate of drug-likeness (QED) is 0.137. The fourth-order valence-corrected chi connectivity index (χ4v) is 11.7. The molecule has 72 heavy (non-hydrogen) atoms. The summed E-state index contributed by atoms with van der Waals surface area (Å²) in [5, 5.41) is 52.6. The summed E-state index contributed by atoms with van der Waals surface area (Å²) in [4.78, 5) is 0. The van der Waals surface area contributed by atoms with Crippen LogP contribution in [0, 0.1) is 0 Å². The van der Waals surface area contributed by atoms with Crippen molar-refractivity contribution in [2.45, 2.75) is 11.8 Å². The third-order valence-corrected chi connectivity index (χ3v) is 14.9. The second kappa shape index (κ2) is 16.0. The van der Waals surface area contributed by atoms with Crippen LogP contribution in [0.1, 0.15) is 45.2 Å². The first-order valence-corrected chi connectivity index (χ1v) is 24.1. The number of phenols is 4. The van der Waals surface area contributed by atoms with Gasteiger partial charge in [-0.3, -0.25) is 0 Å². The average Bonchev–Trinajstić information content (AvgIpc) is 3.42. The van der Waals surface area contributed by atoms with Gasteiger partial charge in [0.1, 0.15) is 46.0 Å². The Hall–Kier alpha value is -9.52. The zero-order valence-corrected chi connectivity index (χ0v) is 38.5. The van der Waals surface area contributed by atoms with Gasteiger partial charge in [0.05, 0.1) is 0 Å². The summed E-state index contributed by atoms with van der Waals surface area (Å²) >= 11 is 0. The van der Waals surface area contributed by atoms with Crippen LogP contribution in [0.4, 0.5) is 0 Å². The van der Waals surface area contributed by atoms with Gasteiger partial charge in [-0.15, -0.1) is 0 Å². The van der Waals surface area contributed by atoms with Crippen LogP contribution in [0.2, 0.25) is 0 Å². The van der Waals surface area contributed by atoms with Crippen molar-refractivity contribution in [3.05, 3.63) is 252 Å². The lowest BCUT2D eigenvalue weighted by atomic mass is 9.76. The molecule has 0 amide bonds. The highest BCUT2D eigenvalue weighted by atomic mass is 16.5. The maximum absolute atomic E-state index is 12.2. The van der Waals surface area contributed by atoms with Crippen molar-refractivity contribution in [2.75, 3.05) is 0 Å². The lowest BCUT2D eigenvalue weighted by molar-refractivity contribution is 0.455. The second-order valence-electron chi connectivity index (χ2n) is 18.9. The van der Waals surface area contributed by atoms with Crippen molar-refractivity contribution in [3.8, 4) is 79.4 Å². The Bertz CT molecular complexity index is 3910. The number of hydrogen-bond acceptors (Lipinski definition) is 6. The van der Waals surface area contributed by atoms with Crippen LogP contribution in [0.5, 0.6) is 46.0 Å². The molecule has 2 aliphatic rings. The van der Waals surface area contributed by atoms with Gasteiger partial charge in [-0.1, -0.05) is 146 Å². The van der Waals surface area contributed by atoms with Crippen molar-refractivity contribution in [1.82, 2.24) is 0 Å². The molecule has 12 aromatic carbocycles. The normalized spacial score (nSPS) is 14.6. The maximum atomic E-state index is 12.2. The SMILES string of the molecule is Oc1ccc2c3c(ccc2c1)Oc1ccc2c(-c4c(O)ccc5c6c(ccc45)Oc4ccc5cc(O)ccc5c4C6c4ccc(-c5ccccc5)cc4)c(O)ccc2c1C3c1ccc(-c2ccccc2)cc1. The van der Waals surface area contributed by atoms with E-state index in [1.165, 1.54) is 0 Å². The van der Waals surface area contributed by atoms with Gasteiger partial charge in [0.2, 0.25) is 0 Å². The van der Waals surface area contributed by atoms with Crippen molar-refractivity contribution in [2.24, 2.45) is 0 Å². The van der Waals surface area contributed by atoms with Gasteiger partial charge in [-0.05, 0) is 149 Å². The molecule has 0 fully saturated rings. The van der Waals surface area contributed by atoms with Crippen LogP contribution >= 0.6 is 0 Å². The number of rotatable bonds is 5. The maximum Gasteiger partial charge on any atom is 0.132 e. The molecule has 12 aromatic rings. The third kappa shape index (κ3) is 6.43. The van der Waals surface area contributed by atoms with Gasteiger partial charge in [0, 0.05) is 45.2 Å². The van der Waals surface area contributed by atoms with Gasteiger partial charge in [-0.2, -0.15) is 0 Å². The van der Waals surface area contributed by atoms with E-state index >= 15 is 0 Å². The molecule has 14 rings (SSSR count). The van der Waals surface area contributed by atoms with Crippen LogP contribution < -0.4 is 9.47 Å². The van der Waals surface area contributed by atoms with Crippen LogP contribution in [0.25, 0.3) is 76.5 Å². The van der Waals surface area contributed by atoms with Gasteiger partial charge in [-0.25, -0.2) is 0 Å². The van der Waals surface area contributed by atoms with E-state index in [4.69, 9.17) is 9.47 Å². The van der Waals surface area contributed by atoms with E-state index in [0.29, 0.717) is 22.6 Å². The standard InChI is InChI=1S/C66H42O6/c67-45-21-23-47-43(35-45)19-31-55-63(47)59(41-15-11-39(12-16-41)37-7-3-1-4-8-37)65-51-25-29-53(69)61(49(51)27-33-57(65)71-55)62-50-28-34-58-66(52(50)26-30-54(62)70)60(42-17-13-40(14-18-42)38-9-5-2-6-10-38)64-48-24-22-46(68)36-44(48)20-32-56(64)72-58/h1-36,59-60,67-70H. The predicted octanol–water partition coefficient (Wildman–Crippen LogP) is 16.7. The number of phenolic OH excluding ortho intramolecular Hbond substituents is 4. The minimum Gasteiger partial charge on any atom is -0.508 e. The molecule has 2 unspecified atom stereocenters. The largest absolute Gasteiger partial charge is 0.508 e. The number of ether oxygens (including phenoxy) is 2. The summed E-state index contributed by atoms with van der Waals surface area (Å²) in [6, 6.07) is 72.1. The van der Waals surface area contributed by atoms with E-state index in [1.807, 2.05) is 109 Å². The highest BCUT2D eigenvalue weighted by Gasteiger charge is 2.36. The van der Waals surface area contributed by atoms with Gasteiger partial charge in [0.25, 0.3) is 0 Å². The number of benzene rings is 12. The lowest BCUT2D eigenvalue weighted by Gasteiger charge is -2.32. The molecule has 2 atom stereocenters. The summed E-state index contributed by atoms with van der Waals surface area (Å²) in [6.45, 7) is 0. The fraction of sp³-hybridized carbons (Fsp3) is 0.0303. The van der Waals surface area contributed by atoms with E-state index in [1.54, 1.807) is 36.4 Å². The van der Waals surface area contributed by atoms with Crippen LogP contribution in [-0.4, -0.2) is 20.4 Å². The first-order chi connectivity index (χ1) is 35.3. The smallest absolute Gasteiger partial charge is 0.132 e. The first-order valence-electron chi connectivity index (χ1n) is 24.1. The monoisotopic (exact) mass is 930 g/mol.